The van der Waals surface area contributed by atoms with Crippen LogP contribution in [0.4, 0.5) is 17.1 Å². The van der Waals surface area contributed by atoms with Gasteiger partial charge < -0.3 is 25.3 Å². The van der Waals surface area contributed by atoms with Gasteiger partial charge in [0.2, 0.25) is 6.41 Å². The van der Waals surface area contributed by atoms with Gasteiger partial charge in [-0.15, -0.1) is 0 Å². The molecule has 1 aliphatic heterocycles. The monoisotopic (exact) mass is 460 g/mol. The fraction of sp³-hybridized carbons (Fsp3) is 0.200. The lowest BCUT2D eigenvalue weighted by Crippen LogP contribution is -2.36. The van der Waals surface area contributed by atoms with Gasteiger partial charge in [-0.05, 0) is 56.2 Å². The van der Waals surface area contributed by atoms with Crippen LogP contribution in [0.1, 0.15) is 41.3 Å². The van der Waals surface area contributed by atoms with Gasteiger partial charge in [-0.2, -0.15) is 0 Å². The minimum atomic E-state index is -0.641. The van der Waals surface area contributed by atoms with Crippen molar-refractivity contribution >= 4 is 29.4 Å². The fourth-order valence-electron chi connectivity index (χ4n) is 3.93. The van der Waals surface area contributed by atoms with E-state index in [4.69, 9.17) is 4.42 Å². The largest absolute Gasteiger partial charge is 0.465 e. The lowest BCUT2D eigenvalue weighted by atomic mass is 10.1. The number of carbonyl (C=O) groups excluding carboxylic acids is 2. The fourth-order valence-corrected chi connectivity index (χ4v) is 3.93. The topological polar surface area (TPSA) is 121 Å². The number of aryl methyl sites for hydroxylation is 1. The van der Waals surface area contributed by atoms with Crippen LogP contribution in [0.5, 0.6) is 0 Å². The van der Waals surface area contributed by atoms with Gasteiger partial charge in [0.15, 0.2) is 0 Å². The summed E-state index contributed by atoms with van der Waals surface area (Å²) in [5.41, 5.74) is 2.22. The third-order valence-corrected chi connectivity index (χ3v) is 5.59. The molecule has 0 unspecified atom stereocenters. The Morgan fingerprint density at radius 2 is 1.85 bits per heavy atom. The standard InChI is InChI=1S/C25H24N4O5/c1-14(10-26-13-30)9-15(2)29-12-17-5-4-6-19(20(17)25(29)33)28-22-21(23(31)24(22)32)27-11-18-8-7-16(3)34-18/h4-10,13,27-28H,11-12H2,1-3H3,(H,26,30)/b14-10-,15-9+. The normalized spacial score (nSPS) is 13.9. The molecule has 2 amide bonds. The SMILES string of the molecule is CC(=C/NC=O)/C=C(\C)N1Cc2cccc(Nc3c(NCc4ccc(C)o4)c(=O)c3=O)c2C1=O. The first kappa shape index (κ1) is 22.8. The average molecular weight is 460 g/mol. The molecule has 9 nitrogen and oxygen atoms in total. The number of fused-ring (bicyclic) bond motifs is 1. The Morgan fingerprint density at radius 3 is 2.56 bits per heavy atom. The van der Waals surface area contributed by atoms with Crippen LogP contribution in [-0.4, -0.2) is 17.2 Å². The zero-order valence-corrected chi connectivity index (χ0v) is 19.0. The van der Waals surface area contributed by atoms with Crippen molar-refractivity contribution in [1.29, 1.82) is 0 Å². The van der Waals surface area contributed by atoms with E-state index >= 15 is 0 Å². The maximum Gasteiger partial charge on any atom is 0.260 e. The summed E-state index contributed by atoms with van der Waals surface area (Å²) >= 11 is 0. The minimum Gasteiger partial charge on any atom is -0.465 e. The van der Waals surface area contributed by atoms with Crippen molar-refractivity contribution in [2.75, 3.05) is 10.6 Å². The van der Waals surface area contributed by atoms with Gasteiger partial charge >= 0.3 is 0 Å². The summed E-state index contributed by atoms with van der Waals surface area (Å²) in [4.78, 5) is 49.8. The highest BCUT2D eigenvalue weighted by molar-refractivity contribution is 6.05. The highest BCUT2D eigenvalue weighted by atomic mass is 16.3. The first-order valence-corrected chi connectivity index (χ1v) is 10.7. The predicted molar refractivity (Wildman–Crippen MR) is 128 cm³/mol. The summed E-state index contributed by atoms with van der Waals surface area (Å²) in [6.45, 7) is 6.06. The second-order valence-corrected chi connectivity index (χ2v) is 8.09. The molecule has 2 heterocycles. The Morgan fingerprint density at radius 1 is 1.09 bits per heavy atom. The number of allylic oxidation sites excluding steroid dienone is 3. The molecule has 0 bridgehead atoms. The van der Waals surface area contributed by atoms with E-state index in [1.807, 2.05) is 32.9 Å². The van der Waals surface area contributed by atoms with E-state index in [9.17, 15) is 19.2 Å². The van der Waals surface area contributed by atoms with Crippen LogP contribution >= 0.6 is 0 Å². The van der Waals surface area contributed by atoms with Crippen LogP contribution in [0.15, 0.2) is 67.9 Å². The second kappa shape index (κ2) is 9.22. The maximum atomic E-state index is 13.2. The Bertz CT molecular complexity index is 1410. The van der Waals surface area contributed by atoms with Gasteiger partial charge in [0, 0.05) is 11.9 Å². The minimum absolute atomic E-state index is 0.124. The highest BCUT2D eigenvalue weighted by Crippen LogP contribution is 2.34. The molecule has 9 heteroatoms. The first-order valence-electron chi connectivity index (χ1n) is 10.7. The molecule has 3 N–H and O–H groups in total. The van der Waals surface area contributed by atoms with Gasteiger partial charge in [-0.25, -0.2) is 0 Å². The van der Waals surface area contributed by atoms with Gasteiger partial charge in [-0.3, -0.25) is 19.2 Å². The van der Waals surface area contributed by atoms with Crippen molar-refractivity contribution in [2.45, 2.75) is 33.9 Å². The summed E-state index contributed by atoms with van der Waals surface area (Å²) in [6.07, 6.45) is 3.91. The van der Waals surface area contributed by atoms with Crippen molar-refractivity contribution in [3.05, 3.63) is 97.0 Å². The van der Waals surface area contributed by atoms with Crippen LogP contribution in [0.3, 0.4) is 0 Å². The molecule has 0 radical (unpaired) electrons. The average Bonchev–Trinajstić information content (AvgIpc) is 3.39. The zero-order chi connectivity index (χ0) is 24.4. The van der Waals surface area contributed by atoms with Crippen molar-refractivity contribution in [3.63, 3.8) is 0 Å². The van der Waals surface area contributed by atoms with Crippen molar-refractivity contribution in [2.24, 2.45) is 0 Å². The second-order valence-electron chi connectivity index (χ2n) is 8.09. The molecule has 0 fully saturated rings. The molecule has 4 rings (SSSR count). The number of furan rings is 1. The molecule has 3 aromatic rings. The lowest BCUT2D eigenvalue weighted by Gasteiger charge is -2.18. The molecule has 0 atom stereocenters. The van der Waals surface area contributed by atoms with Gasteiger partial charge in [0.25, 0.3) is 16.8 Å². The number of anilines is 3. The molecule has 34 heavy (non-hydrogen) atoms. The molecule has 0 saturated carbocycles. The number of nitrogens with one attached hydrogen (secondary N) is 3. The molecule has 1 aliphatic rings. The molecule has 174 valence electrons. The molecule has 2 aromatic carbocycles. The summed E-state index contributed by atoms with van der Waals surface area (Å²) in [5.74, 6) is 1.17. The van der Waals surface area contributed by atoms with E-state index in [2.05, 4.69) is 16.0 Å². The van der Waals surface area contributed by atoms with Gasteiger partial charge in [-0.1, -0.05) is 12.1 Å². The lowest BCUT2D eigenvalue weighted by molar-refractivity contribution is -0.108. The third kappa shape index (κ3) is 4.27. The first-order chi connectivity index (χ1) is 16.3. The quantitative estimate of drug-likeness (QED) is 0.255. The number of hydrogen-bond donors (Lipinski definition) is 3. The number of benzene rings is 1. The smallest absolute Gasteiger partial charge is 0.260 e. The van der Waals surface area contributed by atoms with E-state index < -0.39 is 10.9 Å². The van der Waals surface area contributed by atoms with E-state index in [0.29, 0.717) is 35.7 Å². The predicted octanol–water partition coefficient (Wildman–Crippen LogP) is 3.05. The summed E-state index contributed by atoms with van der Waals surface area (Å²) in [6, 6.07) is 8.95. The van der Waals surface area contributed by atoms with E-state index in [-0.39, 0.29) is 23.8 Å². The third-order valence-electron chi connectivity index (χ3n) is 5.59. The van der Waals surface area contributed by atoms with Crippen molar-refractivity contribution in [3.8, 4) is 0 Å². The number of rotatable bonds is 9. The molecule has 0 aliphatic carbocycles. The number of amides is 2. The van der Waals surface area contributed by atoms with E-state index in [1.165, 1.54) is 0 Å². The molecule has 1 aromatic heterocycles. The van der Waals surface area contributed by atoms with Crippen molar-refractivity contribution in [1.82, 2.24) is 10.2 Å². The summed E-state index contributed by atoms with van der Waals surface area (Å²) in [5, 5.41) is 8.43. The van der Waals surface area contributed by atoms with E-state index in [1.54, 1.807) is 35.4 Å². The van der Waals surface area contributed by atoms with Crippen LogP contribution in [0.25, 0.3) is 0 Å². The Hall–Kier alpha value is -4.40. The Kier molecular flexibility index (Phi) is 6.18. The molecule has 0 saturated heterocycles. The van der Waals surface area contributed by atoms with Crippen molar-refractivity contribution < 1.29 is 14.0 Å². The highest BCUT2D eigenvalue weighted by Gasteiger charge is 2.32. The zero-order valence-electron chi connectivity index (χ0n) is 19.0. The molecular formula is C25H24N4O5. The number of carbonyl (C=O) groups is 2. The number of hydrogen-bond acceptors (Lipinski definition) is 7. The summed E-state index contributed by atoms with van der Waals surface area (Å²) in [7, 11) is 0. The van der Waals surface area contributed by atoms with Gasteiger partial charge in [0.05, 0.1) is 24.3 Å². The van der Waals surface area contributed by atoms with Crippen LogP contribution in [0, 0.1) is 6.92 Å². The Labute approximate surface area is 195 Å². The molecular weight excluding hydrogens is 436 g/mol. The van der Waals surface area contributed by atoms with Crippen LogP contribution in [-0.2, 0) is 17.9 Å². The Balaban J connectivity index is 1.56. The van der Waals surface area contributed by atoms with E-state index in [0.717, 1.165) is 16.9 Å². The maximum absolute atomic E-state index is 13.2. The number of nitrogens with zero attached hydrogens (tertiary/aromatic N) is 1. The summed E-state index contributed by atoms with van der Waals surface area (Å²) < 4.78 is 5.49. The van der Waals surface area contributed by atoms with Crippen LogP contribution in [0.2, 0.25) is 0 Å². The van der Waals surface area contributed by atoms with Gasteiger partial charge in [0.1, 0.15) is 22.9 Å². The van der Waals surface area contributed by atoms with Crippen LogP contribution < -0.4 is 26.8 Å². The molecule has 0 spiro atoms.